The molecule has 326 valence electrons. The van der Waals surface area contributed by atoms with Gasteiger partial charge in [-0.1, -0.05) is 13.0 Å². The zero-order chi connectivity index (χ0) is 45.3. The molecule has 31 heteroatoms. The number of aromatic nitrogens is 3. The summed E-state index contributed by atoms with van der Waals surface area (Å²) >= 11 is 6.05. The van der Waals surface area contributed by atoms with Crippen molar-refractivity contribution in [1.82, 2.24) is 15.0 Å². The van der Waals surface area contributed by atoms with Crippen LogP contribution in [0, 0.1) is 0 Å². The van der Waals surface area contributed by atoms with Crippen molar-refractivity contribution in [1.29, 1.82) is 0 Å². The quantitative estimate of drug-likeness (QED) is 0.0512. The summed E-state index contributed by atoms with van der Waals surface area (Å²) in [6.45, 7) is 0.541. The highest BCUT2D eigenvalue weighted by molar-refractivity contribution is 7.91. The van der Waals surface area contributed by atoms with E-state index in [1.807, 2.05) is 0 Å². The fourth-order valence-electron chi connectivity index (χ4n) is 5.08. The molecule has 0 aliphatic carbocycles. The third-order valence-corrected chi connectivity index (χ3v) is 12.6. The van der Waals surface area contributed by atoms with E-state index in [1.165, 1.54) is 25.1 Å². The van der Waals surface area contributed by atoms with Gasteiger partial charge in [0, 0.05) is 23.2 Å². The number of sulfone groups is 1. The molecule has 5 rings (SSSR count). The molecule has 1 amide bonds. The number of hydrogen-bond donors (Lipinski definition) is 8. The van der Waals surface area contributed by atoms with Crippen molar-refractivity contribution in [2.75, 3.05) is 28.3 Å². The second kappa shape index (κ2) is 17.4. The van der Waals surface area contributed by atoms with Crippen molar-refractivity contribution < 1.29 is 74.4 Å². The lowest BCUT2D eigenvalue weighted by Crippen LogP contribution is -2.15. The first-order valence-electron chi connectivity index (χ1n) is 16.2. The molecule has 0 spiro atoms. The first-order valence-corrected chi connectivity index (χ1v) is 23.9. The van der Waals surface area contributed by atoms with Gasteiger partial charge in [0.2, 0.25) is 23.1 Å². The van der Waals surface area contributed by atoms with Crippen LogP contribution in [0.4, 0.5) is 40.3 Å². The van der Waals surface area contributed by atoms with Crippen LogP contribution >= 0.6 is 11.6 Å². The minimum atomic E-state index is -5.35. The van der Waals surface area contributed by atoms with Gasteiger partial charge in [0.05, 0.1) is 27.8 Å². The monoisotopic (exact) mass is 966 g/mol. The Kier molecular flexibility index (Phi) is 13.3. The zero-order valence-electron chi connectivity index (χ0n) is 30.2. The Morgan fingerprint density at radius 2 is 1.36 bits per heavy atom. The molecular weight excluding hydrogens is 940 g/mol. The smallest absolute Gasteiger partial charge is 0.397 e. The van der Waals surface area contributed by atoms with Crippen LogP contribution in [0.15, 0.2) is 90.5 Å². The number of halogens is 1. The number of benzene rings is 4. The number of azo groups is 1. The van der Waals surface area contributed by atoms with Gasteiger partial charge in [0.1, 0.15) is 21.2 Å². The normalized spacial score (nSPS) is 12.8. The molecule has 0 unspecified atom stereocenters. The highest BCUT2D eigenvalue weighted by Gasteiger charge is 2.27. The molecule has 4 aromatic carbocycles. The molecule has 0 aliphatic rings. The molecule has 0 fully saturated rings. The van der Waals surface area contributed by atoms with E-state index >= 15 is 0 Å². The number of hydrogen-bond acceptors (Lipinski definition) is 20. The van der Waals surface area contributed by atoms with E-state index in [4.69, 9.17) is 16.2 Å². The van der Waals surface area contributed by atoms with Gasteiger partial charge in [0.25, 0.3) is 30.4 Å². The maximum atomic E-state index is 12.7. The second-order valence-electron chi connectivity index (χ2n) is 11.9. The van der Waals surface area contributed by atoms with E-state index in [-0.39, 0.29) is 34.6 Å². The standard InChI is InChI=1S/C30H27ClN8O17S5/c1-2-24(40)34-21-14-19(58(44,45)46)10-15-11-23(60(50,51)52)26(27(41)25(15)21)39-38-20-7-6-17(13-22(20)59(47,48)49)33-30-36-28(31)35-29(37-30)32-16-4-3-5-18(12-16)57(42,43)9-8-56-61(53,54)55/h3-7,10-14,41H,2,8-9H2,1H3,(H,34,40)(H,44,45,46)(H,47,48,49)(H,50,51,52)(H,53,54,55)(H2,32,33,35,36,37). The van der Waals surface area contributed by atoms with Crippen LogP contribution in [0.3, 0.4) is 0 Å². The number of phenolic OH excluding ortho intramolecular Hbond substituents is 1. The Balaban J connectivity index is 1.50. The molecule has 0 radical (unpaired) electrons. The Hall–Kier alpha value is -5.54. The summed E-state index contributed by atoms with van der Waals surface area (Å²) in [7, 11) is -24.6. The molecule has 1 aromatic heterocycles. The molecule has 1 heterocycles. The fraction of sp³-hybridized carbons (Fsp3) is 0.133. The van der Waals surface area contributed by atoms with Crippen LogP contribution in [-0.2, 0) is 59.6 Å². The van der Waals surface area contributed by atoms with E-state index in [0.29, 0.717) is 12.1 Å². The summed E-state index contributed by atoms with van der Waals surface area (Å²) in [6, 6.07) is 9.94. The average Bonchev–Trinajstić information content (AvgIpc) is 3.12. The third kappa shape index (κ3) is 11.9. The second-order valence-corrected chi connectivity index (χ2v) is 19.7. The topological polar surface area (TPSA) is 398 Å². The van der Waals surface area contributed by atoms with E-state index in [9.17, 15) is 65.6 Å². The average molecular weight is 967 g/mol. The Labute approximate surface area is 350 Å². The summed E-state index contributed by atoms with van der Waals surface area (Å²) < 4.78 is 163. The first-order chi connectivity index (χ1) is 28.1. The summed E-state index contributed by atoms with van der Waals surface area (Å²) in [6.07, 6.45) is -0.164. The Bertz CT molecular complexity index is 3210. The van der Waals surface area contributed by atoms with E-state index in [2.05, 4.69) is 45.3 Å². The third-order valence-electron chi connectivity index (χ3n) is 7.69. The number of nitrogens with zero attached hydrogens (tertiary/aromatic N) is 5. The minimum Gasteiger partial charge on any atom is -0.505 e. The summed E-state index contributed by atoms with van der Waals surface area (Å²) in [5, 5.41) is 24.8. The van der Waals surface area contributed by atoms with Crippen molar-refractivity contribution in [3.05, 3.63) is 65.9 Å². The molecule has 0 atom stereocenters. The van der Waals surface area contributed by atoms with Crippen LogP contribution in [-0.4, -0.2) is 98.6 Å². The van der Waals surface area contributed by atoms with Crippen molar-refractivity contribution in [2.45, 2.75) is 32.9 Å². The van der Waals surface area contributed by atoms with Crippen LogP contribution in [0.2, 0.25) is 5.28 Å². The number of phenols is 1. The van der Waals surface area contributed by atoms with Crippen LogP contribution < -0.4 is 16.0 Å². The summed E-state index contributed by atoms with van der Waals surface area (Å²) in [4.78, 5) is 20.8. The molecule has 0 saturated carbocycles. The minimum absolute atomic E-state index is 0.0766. The molecule has 8 N–H and O–H groups in total. The van der Waals surface area contributed by atoms with Crippen molar-refractivity contribution >= 4 is 119 Å². The molecule has 61 heavy (non-hydrogen) atoms. The lowest BCUT2D eigenvalue weighted by atomic mass is 10.1. The molecule has 25 nitrogen and oxygen atoms in total. The Morgan fingerprint density at radius 3 is 1.93 bits per heavy atom. The lowest BCUT2D eigenvalue weighted by molar-refractivity contribution is -0.115. The van der Waals surface area contributed by atoms with Crippen molar-refractivity contribution in [3.63, 3.8) is 0 Å². The lowest BCUT2D eigenvalue weighted by Gasteiger charge is -2.14. The molecule has 0 aliphatic heterocycles. The first kappa shape index (κ1) is 46.5. The van der Waals surface area contributed by atoms with Gasteiger partial charge < -0.3 is 21.1 Å². The number of anilines is 5. The van der Waals surface area contributed by atoms with E-state index in [1.54, 1.807) is 0 Å². The van der Waals surface area contributed by atoms with E-state index in [0.717, 1.165) is 30.3 Å². The van der Waals surface area contributed by atoms with Gasteiger partial charge in [-0.15, -0.1) is 10.2 Å². The molecule has 5 aromatic rings. The predicted octanol–water partition coefficient (Wildman–Crippen LogP) is 3.97. The summed E-state index contributed by atoms with van der Waals surface area (Å²) in [5.74, 6) is -3.31. The number of carbonyl (C=O) groups excluding carboxylic acids is 1. The van der Waals surface area contributed by atoms with Gasteiger partial charge in [0.15, 0.2) is 15.6 Å². The number of rotatable bonds is 16. The van der Waals surface area contributed by atoms with E-state index < -0.39 is 122 Å². The Morgan fingerprint density at radius 1 is 0.738 bits per heavy atom. The number of nitrogens with one attached hydrogen (secondary N) is 3. The van der Waals surface area contributed by atoms with Gasteiger partial charge >= 0.3 is 10.4 Å². The molecule has 0 bridgehead atoms. The largest absolute Gasteiger partial charge is 0.505 e. The number of fused-ring (bicyclic) bond motifs is 1. The van der Waals surface area contributed by atoms with Crippen LogP contribution in [0.5, 0.6) is 5.75 Å². The number of aromatic hydroxyl groups is 1. The fourth-order valence-corrected chi connectivity index (χ4v) is 8.62. The van der Waals surface area contributed by atoms with Gasteiger partial charge in [-0.3, -0.25) is 23.0 Å². The van der Waals surface area contributed by atoms with Gasteiger partial charge in [-0.25, -0.2) is 12.6 Å². The highest BCUT2D eigenvalue weighted by Crippen LogP contribution is 2.45. The van der Waals surface area contributed by atoms with Crippen LogP contribution in [0.1, 0.15) is 13.3 Å². The molecular formula is C30H27ClN8O17S5. The highest BCUT2D eigenvalue weighted by atomic mass is 35.5. The van der Waals surface area contributed by atoms with Crippen LogP contribution in [0.25, 0.3) is 10.8 Å². The molecule has 0 saturated heterocycles. The number of carbonyl (C=O) groups is 1. The van der Waals surface area contributed by atoms with Crippen molar-refractivity contribution in [3.8, 4) is 5.75 Å². The summed E-state index contributed by atoms with van der Waals surface area (Å²) in [5.41, 5.74) is -2.28. The zero-order valence-corrected chi connectivity index (χ0v) is 35.0. The SMILES string of the molecule is CCC(=O)Nc1cc(S(=O)(=O)O)cc2cc(S(=O)(=O)O)c(N=Nc3ccc(Nc4nc(Cl)nc(Nc5cccc(S(=O)(=O)CCOS(=O)(=O)O)c5)n4)cc3S(=O)(=O)O)c(O)c12. The number of amides is 1. The van der Waals surface area contributed by atoms with Gasteiger partial charge in [-0.05, 0) is 71.6 Å². The van der Waals surface area contributed by atoms with Crippen molar-refractivity contribution in [2.24, 2.45) is 10.2 Å². The maximum absolute atomic E-state index is 12.7. The maximum Gasteiger partial charge on any atom is 0.397 e. The predicted molar refractivity (Wildman–Crippen MR) is 212 cm³/mol. The van der Waals surface area contributed by atoms with Gasteiger partial charge in [-0.2, -0.15) is 48.6 Å².